The molecule has 20 heavy (non-hydrogen) atoms. The van der Waals surface area contributed by atoms with Gasteiger partial charge in [0.05, 0.1) is 0 Å². The van der Waals surface area contributed by atoms with Crippen LogP contribution in [-0.4, -0.2) is 11.6 Å². The Bertz CT molecular complexity index is 387. The lowest BCUT2D eigenvalue weighted by Crippen LogP contribution is -2.25. The van der Waals surface area contributed by atoms with E-state index < -0.39 is 5.51 Å². The van der Waals surface area contributed by atoms with E-state index in [2.05, 4.69) is 26.1 Å². The summed E-state index contributed by atoms with van der Waals surface area (Å²) < 4.78 is 36.6. The number of hydrogen-bond donors (Lipinski definition) is 1. The van der Waals surface area contributed by atoms with Crippen molar-refractivity contribution in [3.63, 3.8) is 0 Å². The molecule has 0 aliphatic rings. The molecule has 0 saturated carbocycles. The first kappa shape index (κ1) is 17.4. The van der Waals surface area contributed by atoms with Crippen molar-refractivity contribution >= 4 is 11.8 Å². The van der Waals surface area contributed by atoms with Gasteiger partial charge in [0.2, 0.25) is 0 Å². The first-order chi connectivity index (χ1) is 9.26. The van der Waals surface area contributed by atoms with E-state index in [1.54, 1.807) is 12.1 Å². The van der Waals surface area contributed by atoms with Gasteiger partial charge >= 0.3 is 5.51 Å². The van der Waals surface area contributed by atoms with Crippen molar-refractivity contribution in [2.24, 2.45) is 5.92 Å². The highest BCUT2D eigenvalue weighted by Crippen LogP contribution is 2.36. The molecule has 0 aromatic heterocycles. The molecule has 5 heteroatoms. The van der Waals surface area contributed by atoms with Crippen molar-refractivity contribution in [3.05, 3.63) is 29.8 Å². The average Bonchev–Trinajstić information content (AvgIpc) is 2.33. The fourth-order valence-corrected chi connectivity index (χ4v) is 2.33. The summed E-state index contributed by atoms with van der Waals surface area (Å²) in [7, 11) is 0. The minimum absolute atomic E-state index is 0.0753. The van der Waals surface area contributed by atoms with E-state index in [9.17, 15) is 13.2 Å². The largest absolute Gasteiger partial charge is 0.446 e. The van der Waals surface area contributed by atoms with Crippen LogP contribution in [0.1, 0.15) is 39.2 Å². The van der Waals surface area contributed by atoms with Crippen LogP contribution in [0.25, 0.3) is 0 Å². The third-order valence-corrected chi connectivity index (χ3v) is 3.73. The fraction of sp³-hybridized carbons (Fsp3) is 0.600. The molecule has 1 nitrogen and oxygen atoms in total. The number of halogens is 3. The van der Waals surface area contributed by atoms with Gasteiger partial charge in [-0.25, -0.2) is 0 Å². The van der Waals surface area contributed by atoms with Crippen LogP contribution in [0, 0.1) is 5.92 Å². The second-order valence-electron chi connectivity index (χ2n) is 5.44. The SMILES string of the molecule is CC(C)CCC(C)NCc1ccc(SC(F)(F)F)cc1. The molecule has 1 atom stereocenters. The summed E-state index contributed by atoms with van der Waals surface area (Å²) in [5.74, 6) is 0.693. The van der Waals surface area contributed by atoms with Crippen LogP contribution in [0.5, 0.6) is 0 Å². The molecule has 1 rings (SSSR count). The molecule has 1 unspecified atom stereocenters. The van der Waals surface area contributed by atoms with E-state index in [0.29, 0.717) is 18.5 Å². The summed E-state index contributed by atoms with van der Waals surface area (Å²) >= 11 is -0.0753. The van der Waals surface area contributed by atoms with Crippen LogP contribution in [0.4, 0.5) is 13.2 Å². The minimum atomic E-state index is -4.22. The van der Waals surface area contributed by atoms with E-state index in [-0.39, 0.29) is 16.7 Å². The zero-order valence-electron chi connectivity index (χ0n) is 12.1. The first-order valence-electron chi connectivity index (χ1n) is 6.84. The Balaban J connectivity index is 2.38. The highest BCUT2D eigenvalue weighted by atomic mass is 32.2. The van der Waals surface area contributed by atoms with Gasteiger partial charge in [0, 0.05) is 17.5 Å². The zero-order chi connectivity index (χ0) is 15.2. The Morgan fingerprint density at radius 2 is 1.65 bits per heavy atom. The minimum Gasteiger partial charge on any atom is -0.310 e. The molecule has 0 fully saturated rings. The number of thioether (sulfide) groups is 1. The van der Waals surface area contributed by atoms with Gasteiger partial charge in [0.15, 0.2) is 0 Å². The number of alkyl halides is 3. The van der Waals surface area contributed by atoms with Crippen LogP contribution in [0.3, 0.4) is 0 Å². The van der Waals surface area contributed by atoms with Crippen LogP contribution >= 0.6 is 11.8 Å². The molecule has 1 aromatic carbocycles. The van der Waals surface area contributed by atoms with Crippen molar-refractivity contribution in [3.8, 4) is 0 Å². The maximum Gasteiger partial charge on any atom is 0.446 e. The Kier molecular flexibility index (Phi) is 6.89. The third kappa shape index (κ3) is 7.80. The van der Waals surface area contributed by atoms with Crippen LogP contribution in [0.15, 0.2) is 29.2 Å². The van der Waals surface area contributed by atoms with Gasteiger partial charge in [0.1, 0.15) is 0 Å². The van der Waals surface area contributed by atoms with E-state index in [1.807, 2.05) is 0 Å². The van der Waals surface area contributed by atoms with Gasteiger partial charge in [-0.05, 0) is 55.1 Å². The third-order valence-electron chi connectivity index (χ3n) is 2.99. The average molecular weight is 305 g/mol. The number of hydrogen-bond acceptors (Lipinski definition) is 2. The maximum atomic E-state index is 12.2. The predicted octanol–water partition coefficient (Wildman–Crippen LogP) is 5.21. The predicted molar refractivity (Wildman–Crippen MR) is 78.7 cm³/mol. The molecule has 1 aromatic rings. The van der Waals surface area contributed by atoms with Crippen molar-refractivity contribution in [2.75, 3.05) is 0 Å². The van der Waals surface area contributed by atoms with Crippen molar-refractivity contribution in [2.45, 2.75) is 56.6 Å². The Hall–Kier alpha value is -0.680. The van der Waals surface area contributed by atoms with Gasteiger partial charge < -0.3 is 5.32 Å². The second kappa shape index (κ2) is 7.93. The molecule has 0 radical (unpaired) electrons. The van der Waals surface area contributed by atoms with E-state index >= 15 is 0 Å². The van der Waals surface area contributed by atoms with Gasteiger partial charge in [-0.2, -0.15) is 13.2 Å². The van der Waals surface area contributed by atoms with Crippen molar-refractivity contribution in [1.82, 2.24) is 5.32 Å². The van der Waals surface area contributed by atoms with Crippen LogP contribution in [-0.2, 0) is 6.54 Å². The molecule has 0 spiro atoms. The molecule has 0 bridgehead atoms. The second-order valence-corrected chi connectivity index (χ2v) is 6.58. The smallest absolute Gasteiger partial charge is 0.310 e. The fourth-order valence-electron chi connectivity index (χ4n) is 1.79. The molecule has 0 heterocycles. The van der Waals surface area contributed by atoms with Crippen LogP contribution in [0.2, 0.25) is 0 Å². The molecule has 0 amide bonds. The summed E-state index contributed by atoms with van der Waals surface area (Å²) in [5, 5.41) is 3.39. The molecule has 0 aliphatic heterocycles. The molecular weight excluding hydrogens is 283 g/mol. The summed E-state index contributed by atoms with van der Waals surface area (Å²) in [6.07, 6.45) is 2.29. The van der Waals surface area contributed by atoms with Crippen LogP contribution < -0.4 is 5.32 Å². The quantitative estimate of drug-likeness (QED) is 0.694. The molecule has 114 valence electrons. The topological polar surface area (TPSA) is 12.0 Å². The first-order valence-corrected chi connectivity index (χ1v) is 7.66. The lowest BCUT2D eigenvalue weighted by atomic mass is 10.0. The molecular formula is C15H22F3NS. The van der Waals surface area contributed by atoms with E-state index in [4.69, 9.17) is 0 Å². The molecule has 0 aliphatic carbocycles. The number of nitrogens with one attached hydrogen (secondary N) is 1. The summed E-state index contributed by atoms with van der Waals surface area (Å²) in [4.78, 5) is 0.231. The normalized spacial score (nSPS) is 13.8. The lowest BCUT2D eigenvalue weighted by Gasteiger charge is -2.15. The Morgan fingerprint density at radius 1 is 1.05 bits per heavy atom. The van der Waals surface area contributed by atoms with Crippen molar-refractivity contribution < 1.29 is 13.2 Å². The summed E-state index contributed by atoms with van der Waals surface area (Å²) in [6.45, 7) is 7.22. The number of benzene rings is 1. The van der Waals surface area contributed by atoms with E-state index in [0.717, 1.165) is 12.0 Å². The molecule has 0 saturated heterocycles. The number of rotatable bonds is 7. The van der Waals surface area contributed by atoms with E-state index in [1.165, 1.54) is 18.6 Å². The van der Waals surface area contributed by atoms with Gasteiger partial charge in [0.25, 0.3) is 0 Å². The Labute approximate surface area is 123 Å². The Morgan fingerprint density at radius 3 is 2.15 bits per heavy atom. The molecule has 1 N–H and O–H groups in total. The van der Waals surface area contributed by atoms with Crippen molar-refractivity contribution in [1.29, 1.82) is 0 Å². The van der Waals surface area contributed by atoms with Gasteiger partial charge in [-0.15, -0.1) is 0 Å². The summed E-state index contributed by atoms with van der Waals surface area (Å²) in [6, 6.07) is 6.95. The standard InChI is InChI=1S/C15H22F3NS/c1-11(2)4-5-12(3)19-10-13-6-8-14(9-7-13)20-15(16,17)18/h6-9,11-12,19H,4-5,10H2,1-3H3. The van der Waals surface area contributed by atoms with Gasteiger partial charge in [-0.3, -0.25) is 0 Å². The summed E-state index contributed by atoms with van der Waals surface area (Å²) in [5.41, 5.74) is -3.21. The maximum absolute atomic E-state index is 12.2. The highest BCUT2D eigenvalue weighted by Gasteiger charge is 2.28. The zero-order valence-corrected chi connectivity index (χ0v) is 12.9. The van der Waals surface area contributed by atoms with Gasteiger partial charge in [-0.1, -0.05) is 26.0 Å². The lowest BCUT2D eigenvalue weighted by molar-refractivity contribution is -0.0328. The monoisotopic (exact) mass is 305 g/mol. The highest BCUT2D eigenvalue weighted by molar-refractivity contribution is 8.00.